The Bertz CT molecular complexity index is 340. The predicted octanol–water partition coefficient (Wildman–Crippen LogP) is -0.383. The van der Waals surface area contributed by atoms with Crippen LogP contribution in [0.3, 0.4) is 0 Å². The summed E-state index contributed by atoms with van der Waals surface area (Å²) in [6, 6.07) is 0. The van der Waals surface area contributed by atoms with Gasteiger partial charge in [0, 0.05) is 7.11 Å². The van der Waals surface area contributed by atoms with Crippen LogP contribution in [0, 0.1) is 5.92 Å². The minimum Gasteiger partial charge on any atom is -0.394 e. The van der Waals surface area contributed by atoms with E-state index >= 15 is 0 Å². The highest BCUT2D eigenvalue weighted by Gasteiger charge is 2.46. The van der Waals surface area contributed by atoms with Crippen molar-refractivity contribution in [3.05, 3.63) is 0 Å². The number of aliphatic hydroxyl groups is 4. The quantitative estimate of drug-likeness (QED) is 0.393. The molecule has 1 heterocycles. The number of rotatable bonds is 10. The lowest BCUT2D eigenvalue weighted by Crippen LogP contribution is -2.60. The van der Waals surface area contributed by atoms with Crippen LogP contribution in [-0.4, -0.2) is 83.8 Å². The van der Waals surface area contributed by atoms with Gasteiger partial charge in [-0.25, -0.2) is 0 Å². The van der Waals surface area contributed by atoms with E-state index in [1.165, 1.54) is 7.11 Å². The highest BCUT2D eigenvalue weighted by molar-refractivity contribution is 4.90. The van der Waals surface area contributed by atoms with Gasteiger partial charge in [0.05, 0.1) is 19.3 Å². The molecule has 8 heteroatoms. The van der Waals surface area contributed by atoms with Crippen LogP contribution in [0.4, 0.5) is 0 Å². The average Bonchev–Trinajstić information content (AvgIpc) is 2.61. The second kappa shape index (κ2) is 10.6. The highest BCUT2D eigenvalue weighted by Crippen LogP contribution is 2.26. The van der Waals surface area contributed by atoms with E-state index < -0.39 is 49.7 Å². The fourth-order valence-corrected chi connectivity index (χ4v) is 2.63. The molecule has 8 unspecified atom stereocenters. The number of hydrogen-bond acceptors (Lipinski definition) is 8. The third kappa shape index (κ3) is 5.34. The molecule has 0 aliphatic carbocycles. The van der Waals surface area contributed by atoms with Gasteiger partial charge >= 0.3 is 0 Å². The van der Waals surface area contributed by atoms with Gasteiger partial charge in [-0.1, -0.05) is 27.2 Å². The van der Waals surface area contributed by atoms with Crippen molar-refractivity contribution in [2.45, 2.75) is 76.7 Å². The maximum absolute atomic E-state index is 10.3. The van der Waals surface area contributed by atoms with Crippen molar-refractivity contribution in [3.8, 4) is 0 Å². The van der Waals surface area contributed by atoms with E-state index in [0.29, 0.717) is 6.42 Å². The van der Waals surface area contributed by atoms with Gasteiger partial charge in [-0.15, -0.1) is 0 Å². The molecule has 0 amide bonds. The molecule has 0 saturated carbocycles. The number of aliphatic hydroxyl groups excluding tert-OH is 4. The third-order valence-corrected chi connectivity index (χ3v) is 4.48. The van der Waals surface area contributed by atoms with E-state index in [-0.39, 0.29) is 12.5 Å². The van der Waals surface area contributed by atoms with Crippen LogP contribution in [0.2, 0.25) is 0 Å². The van der Waals surface area contributed by atoms with Gasteiger partial charge < -0.3 is 39.4 Å². The van der Waals surface area contributed by atoms with Crippen molar-refractivity contribution in [2.75, 3.05) is 20.3 Å². The third-order valence-electron chi connectivity index (χ3n) is 4.48. The Labute approximate surface area is 143 Å². The molecule has 8 atom stereocenters. The normalized spacial score (nSPS) is 34.8. The molecule has 0 aromatic carbocycles. The summed E-state index contributed by atoms with van der Waals surface area (Å²) >= 11 is 0. The zero-order valence-corrected chi connectivity index (χ0v) is 14.9. The van der Waals surface area contributed by atoms with Crippen LogP contribution < -0.4 is 0 Å². The molecule has 0 spiro atoms. The molecule has 1 fully saturated rings. The molecular weight excluding hydrogens is 320 g/mol. The number of methoxy groups -OCH3 is 1. The fourth-order valence-electron chi connectivity index (χ4n) is 2.63. The van der Waals surface area contributed by atoms with Gasteiger partial charge in [0.15, 0.2) is 12.6 Å². The Hall–Kier alpha value is -0.320. The van der Waals surface area contributed by atoms with Crippen molar-refractivity contribution in [3.63, 3.8) is 0 Å². The summed E-state index contributed by atoms with van der Waals surface area (Å²) in [5.41, 5.74) is 0. The SMILES string of the molecule is CCC(OC(CO)C(C)CC)OC1C(CO)OC(OC)C(O)C1O. The van der Waals surface area contributed by atoms with E-state index in [4.69, 9.17) is 18.9 Å². The minimum absolute atomic E-state index is 0.136. The molecule has 0 radical (unpaired) electrons. The van der Waals surface area contributed by atoms with Gasteiger partial charge in [-0.05, 0) is 12.3 Å². The zero-order valence-electron chi connectivity index (χ0n) is 14.9. The largest absolute Gasteiger partial charge is 0.394 e. The molecule has 4 N–H and O–H groups in total. The van der Waals surface area contributed by atoms with Crippen LogP contribution in [0.1, 0.15) is 33.6 Å². The Kier molecular flexibility index (Phi) is 9.61. The van der Waals surface area contributed by atoms with Crippen LogP contribution in [0.15, 0.2) is 0 Å². The van der Waals surface area contributed by atoms with Gasteiger partial charge in [0.2, 0.25) is 0 Å². The molecule has 0 aromatic rings. The first kappa shape index (κ1) is 21.7. The topological polar surface area (TPSA) is 118 Å². The maximum atomic E-state index is 10.3. The second-order valence-corrected chi connectivity index (χ2v) is 6.12. The van der Waals surface area contributed by atoms with Crippen molar-refractivity contribution < 1.29 is 39.4 Å². The molecule has 0 bridgehead atoms. The van der Waals surface area contributed by atoms with Gasteiger partial charge in [-0.3, -0.25) is 0 Å². The number of ether oxygens (including phenoxy) is 4. The summed E-state index contributed by atoms with van der Waals surface area (Å²) in [5.74, 6) is 0.136. The summed E-state index contributed by atoms with van der Waals surface area (Å²) in [5, 5.41) is 39.3. The Morgan fingerprint density at radius 1 is 1.08 bits per heavy atom. The first-order valence-corrected chi connectivity index (χ1v) is 8.50. The lowest BCUT2D eigenvalue weighted by molar-refractivity contribution is -0.327. The standard InChI is InChI=1S/C16H32O8/c1-5-9(3)10(7-17)22-12(6-2)24-15-11(8-18)23-16(21-4)14(20)13(15)19/h9-20H,5-8H2,1-4H3. The Balaban J connectivity index is 2.77. The van der Waals surface area contributed by atoms with E-state index in [1.807, 2.05) is 20.8 Å². The lowest BCUT2D eigenvalue weighted by atomic mass is 9.99. The lowest BCUT2D eigenvalue weighted by Gasteiger charge is -2.42. The van der Waals surface area contributed by atoms with Gasteiger partial charge in [0.1, 0.15) is 24.4 Å². The molecule has 1 rings (SSSR count). The van der Waals surface area contributed by atoms with E-state index in [9.17, 15) is 20.4 Å². The molecular formula is C16H32O8. The Morgan fingerprint density at radius 2 is 1.75 bits per heavy atom. The molecule has 1 saturated heterocycles. The van der Waals surface area contributed by atoms with Crippen molar-refractivity contribution >= 4 is 0 Å². The number of hydrogen-bond donors (Lipinski definition) is 4. The van der Waals surface area contributed by atoms with E-state index in [1.54, 1.807) is 0 Å². The predicted molar refractivity (Wildman–Crippen MR) is 85.1 cm³/mol. The summed E-state index contributed by atoms with van der Waals surface area (Å²) in [6.45, 7) is 5.26. The van der Waals surface area contributed by atoms with Crippen molar-refractivity contribution in [1.29, 1.82) is 0 Å². The van der Waals surface area contributed by atoms with Crippen LogP contribution in [-0.2, 0) is 18.9 Å². The highest BCUT2D eigenvalue weighted by atomic mass is 16.7. The monoisotopic (exact) mass is 352 g/mol. The second-order valence-electron chi connectivity index (χ2n) is 6.12. The molecule has 1 aliphatic heterocycles. The molecule has 0 aromatic heterocycles. The van der Waals surface area contributed by atoms with Crippen LogP contribution >= 0.6 is 0 Å². The first-order valence-electron chi connectivity index (χ1n) is 8.50. The summed E-state index contributed by atoms with van der Waals surface area (Å²) in [6.07, 6.45) is -5.27. The van der Waals surface area contributed by atoms with Crippen molar-refractivity contribution in [1.82, 2.24) is 0 Å². The van der Waals surface area contributed by atoms with Gasteiger partial charge in [-0.2, -0.15) is 0 Å². The van der Waals surface area contributed by atoms with Crippen molar-refractivity contribution in [2.24, 2.45) is 5.92 Å². The van der Waals surface area contributed by atoms with E-state index in [0.717, 1.165) is 6.42 Å². The maximum Gasteiger partial charge on any atom is 0.186 e. The molecule has 8 nitrogen and oxygen atoms in total. The summed E-state index contributed by atoms with van der Waals surface area (Å²) < 4.78 is 21.9. The smallest absolute Gasteiger partial charge is 0.186 e. The molecule has 1 aliphatic rings. The minimum atomic E-state index is -1.30. The van der Waals surface area contributed by atoms with Gasteiger partial charge in [0.25, 0.3) is 0 Å². The Morgan fingerprint density at radius 3 is 2.21 bits per heavy atom. The summed E-state index contributed by atoms with van der Waals surface area (Å²) in [4.78, 5) is 0. The van der Waals surface area contributed by atoms with Crippen LogP contribution in [0.25, 0.3) is 0 Å². The van der Waals surface area contributed by atoms with Crippen LogP contribution in [0.5, 0.6) is 0 Å². The van der Waals surface area contributed by atoms with E-state index in [2.05, 4.69) is 0 Å². The average molecular weight is 352 g/mol. The summed E-state index contributed by atoms with van der Waals surface area (Å²) in [7, 11) is 1.34. The molecule has 144 valence electrons. The first-order chi connectivity index (χ1) is 11.4. The molecule has 24 heavy (non-hydrogen) atoms. The zero-order chi connectivity index (χ0) is 18.3. The fraction of sp³-hybridized carbons (Fsp3) is 1.00.